The Morgan fingerprint density at radius 2 is 1.79 bits per heavy atom. The minimum atomic E-state index is -1.39. The van der Waals surface area contributed by atoms with Crippen molar-refractivity contribution >= 4 is 17.0 Å². The Labute approximate surface area is 141 Å². The monoisotopic (exact) mass is 341 g/mol. The molecule has 24 heavy (non-hydrogen) atoms. The van der Waals surface area contributed by atoms with Crippen LogP contribution in [0.15, 0.2) is 52.3 Å². The highest BCUT2D eigenvalue weighted by atomic mass is 32.2. The minimum absolute atomic E-state index is 0.114. The van der Waals surface area contributed by atoms with E-state index in [2.05, 4.69) is 15.1 Å². The highest BCUT2D eigenvalue weighted by Crippen LogP contribution is 2.30. The zero-order valence-electron chi connectivity index (χ0n) is 13.1. The molecule has 0 aliphatic carbocycles. The molecule has 122 valence electrons. The van der Waals surface area contributed by atoms with Crippen molar-refractivity contribution in [2.24, 2.45) is 7.05 Å². The van der Waals surface area contributed by atoms with E-state index in [-0.39, 0.29) is 16.4 Å². The van der Waals surface area contributed by atoms with Crippen molar-refractivity contribution in [3.63, 3.8) is 0 Å². The maximum Gasteiger partial charge on any atom is 0.287 e. The predicted octanol–water partition coefficient (Wildman–Crippen LogP) is 1.22. The molecule has 0 spiro atoms. The summed E-state index contributed by atoms with van der Waals surface area (Å²) in [6, 6.07) is 12.3. The molecular weight excluding hydrogens is 326 g/mol. The van der Waals surface area contributed by atoms with Crippen molar-refractivity contribution in [3.8, 4) is 22.6 Å². The number of hydrogen-bond acceptors (Lipinski definition) is 6. The van der Waals surface area contributed by atoms with Crippen LogP contribution in [0.5, 0.6) is 0 Å². The number of nitrogens with two attached hydrogens (primary N) is 1. The Morgan fingerprint density at radius 3 is 2.42 bits per heavy atom. The molecule has 0 radical (unpaired) electrons. The van der Waals surface area contributed by atoms with E-state index < -0.39 is 11.2 Å². The molecule has 0 saturated carbocycles. The molecule has 0 bridgehead atoms. The minimum Gasteiger partial charge on any atom is -0.610 e. The lowest BCUT2D eigenvalue weighted by Gasteiger charge is -2.12. The van der Waals surface area contributed by atoms with Crippen molar-refractivity contribution < 1.29 is 4.55 Å². The summed E-state index contributed by atoms with van der Waals surface area (Å²) in [7, 11) is 1.55. The normalized spacial score (nSPS) is 12.1. The summed E-state index contributed by atoms with van der Waals surface area (Å²) in [5.41, 5.74) is 7.89. The van der Waals surface area contributed by atoms with Crippen LogP contribution in [0.4, 0.5) is 5.82 Å². The lowest BCUT2D eigenvalue weighted by atomic mass is 10.1. The van der Waals surface area contributed by atoms with Crippen molar-refractivity contribution in [2.75, 3.05) is 12.0 Å². The summed E-state index contributed by atoms with van der Waals surface area (Å²) in [5, 5.41) is 4.42. The van der Waals surface area contributed by atoms with Crippen LogP contribution < -0.4 is 11.3 Å². The number of nitrogen functional groups attached to an aromatic ring is 1. The fraction of sp³-hybridized carbons (Fsp3) is 0.125. The van der Waals surface area contributed by atoms with Gasteiger partial charge in [-0.1, -0.05) is 30.3 Å². The van der Waals surface area contributed by atoms with Gasteiger partial charge in [-0.25, -0.2) is 9.67 Å². The predicted molar refractivity (Wildman–Crippen MR) is 92.7 cm³/mol. The van der Waals surface area contributed by atoms with Gasteiger partial charge in [0.2, 0.25) is 5.82 Å². The zero-order chi connectivity index (χ0) is 17.3. The fourth-order valence-corrected chi connectivity index (χ4v) is 2.81. The Bertz CT molecular complexity index is 941. The molecule has 3 aromatic rings. The SMILES string of the molecule is Cn1nc(-c2nc([S+](C)[O-])c(N)nc2-c2ccccc2)ccc1=O. The topological polar surface area (TPSA) is 110 Å². The van der Waals surface area contributed by atoms with Gasteiger partial charge < -0.3 is 10.3 Å². The maximum atomic E-state index is 11.9. The Hall–Kier alpha value is -2.71. The second kappa shape index (κ2) is 6.42. The second-order valence-corrected chi connectivity index (χ2v) is 6.41. The molecule has 0 fully saturated rings. The smallest absolute Gasteiger partial charge is 0.287 e. The van der Waals surface area contributed by atoms with E-state index in [1.54, 1.807) is 13.1 Å². The molecule has 0 aliphatic rings. The molecule has 1 unspecified atom stereocenters. The molecule has 7 nitrogen and oxygen atoms in total. The molecule has 0 amide bonds. The number of nitrogens with zero attached hydrogens (tertiary/aromatic N) is 4. The summed E-state index contributed by atoms with van der Waals surface area (Å²) in [6.07, 6.45) is 1.49. The first kappa shape index (κ1) is 16.2. The molecule has 3 rings (SSSR count). The van der Waals surface area contributed by atoms with Crippen LogP contribution in [-0.4, -0.2) is 30.6 Å². The summed E-state index contributed by atoms with van der Waals surface area (Å²) < 4.78 is 13.1. The molecule has 0 saturated heterocycles. The van der Waals surface area contributed by atoms with E-state index in [4.69, 9.17) is 5.73 Å². The van der Waals surface area contributed by atoms with Crippen LogP contribution in [-0.2, 0) is 18.2 Å². The highest BCUT2D eigenvalue weighted by Gasteiger charge is 2.21. The molecule has 8 heteroatoms. The first-order chi connectivity index (χ1) is 11.5. The molecule has 2 N–H and O–H groups in total. The lowest BCUT2D eigenvalue weighted by molar-refractivity contribution is 0.597. The lowest BCUT2D eigenvalue weighted by Crippen LogP contribution is -2.19. The molecule has 1 aromatic carbocycles. The summed E-state index contributed by atoms with van der Waals surface area (Å²) in [6.45, 7) is 0. The number of anilines is 1. The zero-order valence-corrected chi connectivity index (χ0v) is 13.9. The Morgan fingerprint density at radius 1 is 1.08 bits per heavy atom. The Kier molecular flexibility index (Phi) is 4.32. The van der Waals surface area contributed by atoms with Crippen LogP contribution in [0.1, 0.15) is 0 Å². The molecular formula is C16H15N5O2S. The van der Waals surface area contributed by atoms with Crippen molar-refractivity contribution in [1.82, 2.24) is 19.7 Å². The average Bonchev–Trinajstić information content (AvgIpc) is 2.57. The first-order valence-electron chi connectivity index (χ1n) is 7.08. The third-order valence-corrected chi connectivity index (χ3v) is 4.26. The van der Waals surface area contributed by atoms with Gasteiger partial charge in [-0.3, -0.25) is 4.79 Å². The molecule has 0 aliphatic heterocycles. The molecule has 2 heterocycles. The average molecular weight is 341 g/mol. The number of benzene rings is 1. The van der Waals surface area contributed by atoms with E-state index in [9.17, 15) is 9.35 Å². The van der Waals surface area contributed by atoms with Gasteiger partial charge >= 0.3 is 0 Å². The summed E-state index contributed by atoms with van der Waals surface area (Å²) >= 11 is -1.39. The van der Waals surface area contributed by atoms with Crippen LogP contribution in [0.25, 0.3) is 22.6 Å². The van der Waals surface area contributed by atoms with Crippen LogP contribution in [0, 0.1) is 0 Å². The van der Waals surface area contributed by atoms with E-state index in [0.29, 0.717) is 17.1 Å². The highest BCUT2D eigenvalue weighted by molar-refractivity contribution is 7.90. The third-order valence-electron chi connectivity index (χ3n) is 3.41. The quantitative estimate of drug-likeness (QED) is 0.717. The second-order valence-electron chi connectivity index (χ2n) is 5.11. The number of aryl methyl sites for hydroxylation is 1. The summed E-state index contributed by atoms with van der Waals surface area (Å²) in [4.78, 5) is 20.4. The first-order valence-corrected chi connectivity index (χ1v) is 8.64. The van der Waals surface area contributed by atoms with E-state index in [1.165, 1.54) is 17.0 Å². The van der Waals surface area contributed by atoms with Gasteiger partial charge in [0.25, 0.3) is 10.6 Å². The van der Waals surface area contributed by atoms with Gasteiger partial charge in [-0.15, -0.1) is 0 Å². The van der Waals surface area contributed by atoms with Crippen LogP contribution in [0.2, 0.25) is 0 Å². The van der Waals surface area contributed by atoms with Gasteiger partial charge in [0.1, 0.15) is 23.3 Å². The number of aromatic nitrogens is 4. The van der Waals surface area contributed by atoms with E-state index in [1.807, 2.05) is 30.3 Å². The largest absolute Gasteiger partial charge is 0.610 e. The van der Waals surface area contributed by atoms with Gasteiger partial charge in [-0.2, -0.15) is 10.1 Å². The third kappa shape index (κ3) is 3.01. The van der Waals surface area contributed by atoms with E-state index in [0.717, 1.165) is 5.56 Å². The van der Waals surface area contributed by atoms with Gasteiger partial charge in [0, 0.05) is 29.9 Å². The van der Waals surface area contributed by atoms with Gasteiger partial charge in [-0.05, 0) is 6.07 Å². The van der Waals surface area contributed by atoms with Crippen molar-refractivity contribution in [2.45, 2.75) is 5.03 Å². The Balaban J connectivity index is 2.30. The maximum absolute atomic E-state index is 11.9. The number of hydrogen-bond donors (Lipinski definition) is 1. The van der Waals surface area contributed by atoms with Gasteiger partial charge in [0.05, 0.1) is 0 Å². The van der Waals surface area contributed by atoms with Crippen molar-refractivity contribution in [1.29, 1.82) is 0 Å². The fourth-order valence-electron chi connectivity index (χ4n) is 2.25. The standard InChI is InChI=1S/C16H15N5O2S/c1-21-12(22)9-8-11(20-21)14-13(10-6-4-3-5-7-10)18-15(17)16(19-14)24(2)23/h3-9H,1-2H3,(H2,17,18). The molecule has 2 aromatic heterocycles. The number of rotatable bonds is 3. The molecule has 1 atom stereocenters. The van der Waals surface area contributed by atoms with Gasteiger partial charge in [0.15, 0.2) is 0 Å². The van der Waals surface area contributed by atoms with Crippen LogP contribution in [0.3, 0.4) is 0 Å². The van der Waals surface area contributed by atoms with Crippen molar-refractivity contribution in [3.05, 3.63) is 52.8 Å². The van der Waals surface area contributed by atoms with E-state index >= 15 is 0 Å². The van der Waals surface area contributed by atoms with Crippen LogP contribution >= 0.6 is 0 Å². The summed E-state index contributed by atoms with van der Waals surface area (Å²) in [5.74, 6) is 0.114.